The van der Waals surface area contributed by atoms with E-state index in [9.17, 15) is 30.5 Å². The van der Waals surface area contributed by atoms with E-state index < -0.39 is 52.4 Å². The van der Waals surface area contributed by atoms with Crippen molar-refractivity contribution in [1.82, 2.24) is 0 Å². The largest absolute Gasteiger partial charge is 0.473 e. The molecule has 0 bridgehead atoms. The van der Waals surface area contributed by atoms with Crippen molar-refractivity contribution in [2.45, 2.75) is 86.3 Å². The molecule has 7 atom stereocenters. The molecule has 230 valence electrons. The summed E-state index contributed by atoms with van der Waals surface area (Å²) in [5.41, 5.74) is -5.35. The van der Waals surface area contributed by atoms with Gasteiger partial charge in [0.1, 0.15) is 23.4 Å². The SMILES string of the molecule is CCCCCCCCOC1C(c2ccccc2)[C@@]2(O)[C@]1(Oc1ccccc1[N+](=O)[O-])C(c1ccccc1)[C@@]2(O)[C@H](O)CO. The number of hydrogen-bond acceptors (Lipinski definition) is 8. The molecule has 2 aliphatic rings. The zero-order valence-electron chi connectivity index (χ0n) is 24.4. The summed E-state index contributed by atoms with van der Waals surface area (Å²) < 4.78 is 13.2. The van der Waals surface area contributed by atoms with E-state index in [-0.39, 0.29) is 11.4 Å². The summed E-state index contributed by atoms with van der Waals surface area (Å²) in [6, 6.07) is 23.7. The quantitative estimate of drug-likeness (QED) is 0.111. The first-order valence-corrected chi connectivity index (χ1v) is 15.2. The molecular weight excluding hydrogens is 550 g/mol. The highest BCUT2D eigenvalue weighted by Gasteiger charge is 2.96. The van der Waals surface area contributed by atoms with E-state index >= 15 is 0 Å². The summed E-state index contributed by atoms with van der Waals surface area (Å²) in [5, 5.41) is 58.5. The summed E-state index contributed by atoms with van der Waals surface area (Å²) in [6.07, 6.45) is 3.64. The van der Waals surface area contributed by atoms with Crippen LogP contribution in [0.5, 0.6) is 5.75 Å². The molecule has 3 aromatic carbocycles. The molecule has 3 aromatic rings. The van der Waals surface area contributed by atoms with Gasteiger partial charge in [0.05, 0.1) is 23.4 Å². The van der Waals surface area contributed by atoms with Crippen LogP contribution in [0.1, 0.15) is 68.4 Å². The molecule has 0 amide bonds. The summed E-state index contributed by atoms with van der Waals surface area (Å²) in [4.78, 5) is 11.5. The van der Waals surface area contributed by atoms with Crippen molar-refractivity contribution >= 4 is 5.69 Å². The lowest BCUT2D eigenvalue weighted by Crippen LogP contribution is -3.01. The third-order valence-corrected chi connectivity index (χ3v) is 9.36. The number of unbranched alkanes of at least 4 members (excludes halogenated alkanes) is 5. The molecule has 9 nitrogen and oxygen atoms in total. The lowest BCUT2D eigenvalue weighted by molar-refractivity contribution is -0.456. The van der Waals surface area contributed by atoms with E-state index in [2.05, 4.69) is 6.92 Å². The lowest BCUT2D eigenvalue weighted by atomic mass is 9.30. The molecule has 2 saturated carbocycles. The smallest absolute Gasteiger partial charge is 0.310 e. The Kier molecular flexibility index (Phi) is 9.20. The van der Waals surface area contributed by atoms with Crippen LogP contribution in [-0.2, 0) is 4.74 Å². The first-order valence-electron chi connectivity index (χ1n) is 15.2. The minimum absolute atomic E-state index is 0.0907. The molecule has 0 aliphatic heterocycles. The number of benzene rings is 3. The lowest BCUT2D eigenvalue weighted by Gasteiger charge is -2.81. The maximum atomic E-state index is 12.7. The van der Waals surface area contributed by atoms with E-state index in [1.165, 1.54) is 24.6 Å². The van der Waals surface area contributed by atoms with Crippen molar-refractivity contribution in [2.75, 3.05) is 13.2 Å². The zero-order chi connectivity index (χ0) is 30.7. The fraction of sp³-hybridized carbons (Fsp3) is 0.471. The van der Waals surface area contributed by atoms with E-state index in [1.807, 2.05) is 6.07 Å². The molecule has 5 rings (SSSR count). The zero-order valence-corrected chi connectivity index (χ0v) is 24.4. The molecule has 3 unspecified atom stereocenters. The Bertz CT molecular complexity index is 1370. The molecule has 9 heteroatoms. The van der Waals surface area contributed by atoms with Gasteiger partial charge in [0, 0.05) is 12.7 Å². The maximum absolute atomic E-state index is 12.7. The van der Waals surface area contributed by atoms with E-state index in [0.29, 0.717) is 17.7 Å². The number of aliphatic hydroxyl groups is 4. The van der Waals surface area contributed by atoms with Gasteiger partial charge in [0.15, 0.2) is 11.4 Å². The maximum Gasteiger partial charge on any atom is 0.310 e. The van der Waals surface area contributed by atoms with Gasteiger partial charge in [0.2, 0.25) is 0 Å². The van der Waals surface area contributed by atoms with E-state index in [1.54, 1.807) is 60.7 Å². The number of aliphatic hydroxyl groups excluding tert-OH is 2. The fourth-order valence-corrected chi connectivity index (χ4v) is 7.44. The van der Waals surface area contributed by atoms with Crippen LogP contribution >= 0.6 is 0 Å². The van der Waals surface area contributed by atoms with Gasteiger partial charge in [-0.3, -0.25) is 10.1 Å². The van der Waals surface area contributed by atoms with Gasteiger partial charge >= 0.3 is 5.69 Å². The second kappa shape index (κ2) is 12.7. The molecule has 43 heavy (non-hydrogen) atoms. The van der Waals surface area contributed by atoms with Gasteiger partial charge in [-0.05, 0) is 23.6 Å². The molecule has 2 aliphatic carbocycles. The van der Waals surface area contributed by atoms with Crippen LogP contribution in [0.4, 0.5) is 5.69 Å². The highest BCUT2D eigenvalue weighted by molar-refractivity contribution is 5.59. The number of para-hydroxylation sites is 2. The average molecular weight is 592 g/mol. The second-order valence-electron chi connectivity index (χ2n) is 11.7. The first kappa shape index (κ1) is 31.1. The van der Waals surface area contributed by atoms with E-state index in [4.69, 9.17) is 9.47 Å². The number of ether oxygens (including phenoxy) is 2. The van der Waals surface area contributed by atoms with Gasteiger partial charge < -0.3 is 29.9 Å². The first-order chi connectivity index (χ1) is 20.8. The second-order valence-corrected chi connectivity index (χ2v) is 11.7. The molecule has 4 N–H and O–H groups in total. The third kappa shape index (κ3) is 4.84. The van der Waals surface area contributed by atoms with Gasteiger partial charge in [-0.2, -0.15) is 0 Å². The minimum atomic E-state index is -2.28. The van der Waals surface area contributed by atoms with Crippen molar-refractivity contribution in [2.24, 2.45) is 0 Å². The van der Waals surface area contributed by atoms with Crippen molar-refractivity contribution in [3.8, 4) is 5.75 Å². The van der Waals surface area contributed by atoms with Crippen LogP contribution in [0.15, 0.2) is 84.9 Å². The highest BCUT2D eigenvalue weighted by Crippen LogP contribution is 2.77. The van der Waals surface area contributed by atoms with Crippen LogP contribution in [0.2, 0.25) is 0 Å². The van der Waals surface area contributed by atoms with Gasteiger partial charge in [-0.1, -0.05) is 112 Å². The Labute approximate surface area is 251 Å². The number of nitro benzene ring substituents is 1. The van der Waals surface area contributed by atoms with Crippen molar-refractivity contribution in [3.63, 3.8) is 0 Å². The Balaban J connectivity index is 1.64. The number of hydrogen-bond donors (Lipinski definition) is 4. The van der Waals surface area contributed by atoms with Gasteiger partial charge in [-0.15, -0.1) is 0 Å². The molecule has 0 saturated heterocycles. The number of rotatable bonds is 15. The van der Waals surface area contributed by atoms with Crippen molar-refractivity contribution in [3.05, 3.63) is 106 Å². The normalized spacial score (nSPS) is 30.0. The highest BCUT2D eigenvalue weighted by atomic mass is 16.6. The van der Waals surface area contributed by atoms with Crippen molar-refractivity contribution in [1.29, 1.82) is 0 Å². The molecule has 0 aromatic heterocycles. The summed E-state index contributed by atoms with van der Waals surface area (Å²) in [7, 11) is 0. The minimum Gasteiger partial charge on any atom is -0.473 e. The third-order valence-electron chi connectivity index (χ3n) is 9.36. The Morgan fingerprint density at radius 2 is 1.44 bits per heavy atom. The summed E-state index contributed by atoms with van der Waals surface area (Å²) >= 11 is 0. The van der Waals surface area contributed by atoms with Crippen LogP contribution in [-0.4, -0.2) is 67.6 Å². The topological polar surface area (TPSA) is 143 Å². The van der Waals surface area contributed by atoms with Crippen LogP contribution in [0.3, 0.4) is 0 Å². The van der Waals surface area contributed by atoms with Gasteiger partial charge in [-0.25, -0.2) is 0 Å². The van der Waals surface area contributed by atoms with Crippen molar-refractivity contribution < 1.29 is 34.8 Å². The Hall–Kier alpha value is -3.34. The summed E-state index contributed by atoms with van der Waals surface area (Å²) in [5.74, 6) is -2.07. The number of fused-ring (bicyclic) bond motifs is 1. The molecule has 0 radical (unpaired) electrons. The molecule has 0 heterocycles. The Morgan fingerprint density at radius 3 is 2.07 bits per heavy atom. The molecular formula is C34H41NO8. The average Bonchev–Trinajstić information content (AvgIpc) is 3.03. The fourth-order valence-electron chi connectivity index (χ4n) is 7.44. The molecule has 0 spiro atoms. The monoisotopic (exact) mass is 591 g/mol. The van der Waals surface area contributed by atoms with Gasteiger partial charge in [0.25, 0.3) is 0 Å². The number of nitrogens with zero attached hydrogens (tertiary/aromatic N) is 1. The van der Waals surface area contributed by atoms with Crippen LogP contribution in [0.25, 0.3) is 0 Å². The van der Waals surface area contributed by atoms with E-state index in [0.717, 1.165) is 32.1 Å². The standard InChI is InChI=1S/C34H41NO8/c1-2-3-4-5-6-15-22-42-31-29(24-16-9-7-10-17-24)34(39)32(38,28(37)23-36)30(25-18-11-8-12-19-25)33(31,34)43-27-21-14-13-20-26(27)35(40)41/h7-14,16-21,28-31,36-39H,2-6,15,22-23H2,1H3/t28-,29?,30?,31?,32+,33+,34+/m1/s1. The predicted octanol–water partition coefficient (Wildman–Crippen LogP) is 4.87. The molecule has 2 fully saturated rings. The Morgan fingerprint density at radius 1 is 0.860 bits per heavy atom. The number of nitro groups is 1. The summed E-state index contributed by atoms with van der Waals surface area (Å²) in [6.45, 7) is 1.69. The van der Waals surface area contributed by atoms with Crippen LogP contribution in [0, 0.1) is 10.1 Å². The predicted molar refractivity (Wildman–Crippen MR) is 161 cm³/mol. The van der Waals surface area contributed by atoms with Crippen LogP contribution < -0.4 is 4.74 Å².